The number of carbonyl (C=O) groups excluding carboxylic acids is 1. The molecule has 1 aromatic heterocycles. The SMILES string of the molecule is CC(=O)c1ccc(N(Cc2cccs2)C(C)C)cc1Cl. The zero-order chi connectivity index (χ0) is 14.7. The van der Waals surface area contributed by atoms with Crippen LogP contribution in [0.5, 0.6) is 0 Å². The molecule has 0 unspecified atom stereocenters. The molecule has 0 N–H and O–H groups in total. The van der Waals surface area contributed by atoms with Crippen LogP contribution < -0.4 is 4.90 Å². The van der Waals surface area contributed by atoms with Crippen LogP contribution in [-0.2, 0) is 6.54 Å². The highest BCUT2D eigenvalue weighted by molar-refractivity contribution is 7.09. The van der Waals surface area contributed by atoms with Crippen LogP contribution in [0.25, 0.3) is 0 Å². The predicted octanol–water partition coefficient (Wildman–Crippen LogP) is 5.02. The Morgan fingerprint density at radius 3 is 2.60 bits per heavy atom. The summed E-state index contributed by atoms with van der Waals surface area (Å²) in [6.07, 6.45) is 0. The summed E-state index contributed by atoms with van der Waals surface area (Å²) in [7, 11) is 0. The molecule has 0 amide bonds. The summed E-state index contributed by atoms with van der Waals surface area (Å²) in [4.78, 5) is 15.0. The number of ketones is 1. The van der Waals surface area contributed by atoms with Crippen molar-refractivity contribution in [2.24, 2.45) is 0 Å². The van der Waals surface area contributed by atoms with Gasteiger partial charge in [-0.2, -0.15) is 0 Å². The zero-order valence-corrected chi connectivity index (χ0v) is 13.5. The van der Waals surface area contributed by atoms with Gasteiger partial charge in [0.25, 0.3) is 0 Å². The van der Waals surface area contributed by atoms with Gasteiger partial charge >= 0.3 is 0 Å². The normalized spacial score (nSPS) is 10.8. The third-order valence-corrected chi connectivity index (χ3v) is 4.37. The Kier molecular flexibility index (Phi) is 4.84. The number of hydrogen-bond acceptors (Lipinski definition) is 3. The van der Waals surface area contributed by atoms with Crippen LogP contribution in [0.1, 0.15) is 36.0 Å². The van der Waals surface area contributed by atoms with Gasteiger partial charge in [0.05, 0.1) is 11.6 Å². The molecule has 106 valence electrons. The van der Waals surface area contributed by atoms with Crippen molar-refractivity contribution >= 4 is 34.4 Å². The van der Waals surface area contributed by atoms with Gasteiger partial charge in [0.1, 0.15) is 0 Å². The second-order valence-electron chi connectivity index (χ2n) is 5.02. The maximum absolute atomic E-state index is 11.4. The first-order valence-corrected chi connectivity index (χ1v) is 7.84. The number of halogens is 1. The molecule has 0 bridgehead atoms. The molecule has 2 rings (SSSR count). The number of thiophene rings is 1. The van der Waals surface area contributed by atoms with Crippen LogP contribution in [0, 0.1) is 0 Å². The Morgan fingerprint density at radius 2 is 2.10 bits per heavy atom. The van der Waals surface area contributed by atoms with Gasteiger partial charge in [0.2, 0.25) is 0 Å². The van der Waals surface area contributed by atoms with Crippen LogP contribution in [0.3, 0.4) is 0 Å². The molecule has 0 radical (unpaired) electrons. The third kappa shape index (κ3) is 3.41. The molecule has 0 aliphatic carbocycles. The first-order valence-electron chi connectivity index (χ1n) is 6.58. The molecule has 20 heavy (non-hydrogen) atoms. The van der Waals surface area contributed by atoms with Crippen molar-refractivity contribution in [1.29, 1.82) is 0 Å². The van der Waals surface area contributed by atoms with E-state index >= 15 is 0 Å². The maximum Gasteiger partial charge on any atom is 0.161 e. The predicted molar refractivity (Wildman–Crippen MR) is 87.1 cm³/mol. The molecule has 1 aromatic carbocycles. The summed E-state index contributed by atoms with van der Waals surface area (Å²) in [6.45, 7) is 6.69. The maximum atomic E-state index is 11.4. The number of anilines is 1. The summed E-state index contributed by atoms with van der Waals surface area (Å²) in [5.74, 6) is -0.00379. The lowest BCUT2D eigenvalue weighted by Crippen LogP contribution is -2.29. The van der Waals surface area contributed by atoms with Crippen molar-refractivity contribution < 1.29 is 4.79 Å². The highest BCUT2D eigenvalue weighted by Crippen LogP contribution is 2.27. The Hall–Kier alpha value is -1.32. The number of rotatable bonds is 5. The Bertz CT molecular complexity index is 593. The van der Waals surface area contributed by atoms with E-state index in [0.29, 0.717) is 16.6 Å². The first-order chi connectivity index (χ1) is 9.49. The van der Waals surface area contributed by atoms with Gasteiger partial charge in [-0.05, 0) is 50.4 Å². The van der Waals surface area contributed by atoms with Gasteiger partial charge in [-0.25, -0.2) is 0 Å². The molecular weight excluding hydrogens is 290 g/mol. The van der Waals surface area contributed by atoms with Gasteiger partial charge in [0, 0.05) is 22.2 Å². The van der Waals surface area contributed by atoms with E-state index in [1.807, 2.05) is 18.2 Å². The molecule has 0 spiro atoms. The summed E-state index contributed by atoms with van der Waals surface area (Å²) in [5, 5.41) is 2.60. The summed E-state index contributed by atoms with van der Waals surface area (Å²) >= 11 is 7.96. The topological polar surface area (TPSA) is 20.3 Å². The fourth-order valence-corrected chi connectivity index (χ4v) is 3.12. The van der Waals surface area contributed by atoms with Crippen molar-refractivity contribution in [3.8, 4) is 0 Å². The van der Waals surface area contributed by atoms with Crippen LogP contribution in [0.4, 0.5) is 5.69 Å². The Balaban J connectivity index is 2.30. The van der Waals surface area contributed by atoms with E-state index in [9.17, 15) is 4.79 Å². The summed E-state index contributed by atoms with van der Waals surface area (Å²) < 4.78 is 0. The minimum atomic E-state index is -0.00379. The lowest BCUT2D eigenvalue weighted by atomic mass is 10.1. The number of carbonyl (C=O) groups is 1. The number of benzene rings is 1. The molecule has 4 heteroatoms. The van der Waals surface area contributed by atoms with Crippen molar-refractivity contribution in [3.05, 3.63) is 51.2 Å². The number of nitrogens with zero attached hydrogens (tertiary/aromatic N) is 1. The quantitative estimate of drug-likeness (QED) is 0.723. The Labute approximate surface area is 129 Å². The van der Waals surface area contributed by atoms with Crippen molar-refractivity contribution in [3.63, 3.8) is 0 Å². The molecular formula is C16H18ClNOS. The lowest BCUT2D eigenvalue weighted by Gasteiger charge is -2.29. The number of Topliss-reactive ketones (excluding diaryl/α,β-unsaturated/α-hetero) is 1. The fraction of sp³-hybridized carbons (Fsp3) is 0.312. The second kappa shape index (κ2) is 6.42. The van der Waals surface area contributed by atoms with E-state index in [1.165, 1.54) is 11.8 Å². The van der Waals surface area contributed by atoms with Crippen LogP contribution >= 0.6 is 22.9 Å². The molecule has 1 heterocycles. The lowest BCUT2D eigenvalue weighted by molar-refractivity contribution is 0.101. The highest BCUT2D eigenvalue weighted by Gasteiger charge is 2.14. The minimum absolute atomic E-state index is 0.00379. The molecule has 0 aliphatic rings. The molecule has 0 aliphatic heterocycles. The van der Waals surface area contributed by atoms with Gasteiger partial charge in [0.15, 0.2) is 5.78 Å². The van der Waals surface area contributed by atoms with E-state index in [4.69, 9.17) is 11.6 Å². The molecule has 0 saturated heterocycles. The van der Waals surface area contributed by atoms with Gasteiger partial charge in [-0.3, -0.25) is 4.79 Å². The van der Waals surface area contributed by atoms with Crippen LogP contribution in [0.15, 0.2) is 35.7 Å². The molecule has 0 saturated carbocycles. The summed E-state index contributed by atoms with van der Waals surface area (Å²) in [6, 6.07) is 10.2. The van der Waals surface area contributed by atoms with Crippen molar-refractivity contribution in [2.45, 2.75) is 33.4 Å². The van der Waals surface area contributed by atoms with Gasteiger partial charge in [-0.15, -0.1) is 11.3 Å². The van der Waals surface area contributed by atoms with E-state index in [-0.39, 0.29) is 5.78 Å². The van der Waals surface area contributed by atoms with E-state index in [1.54, 1.807) is 11.3 Å². The fourth-order valence-electron chi connectivity index (χ4n) is 2.11. The molecule has 0 fully saturated rings. The third-order valence-electron chi connectivity index (χ3n) is 3.19. The standard InChI is InChI=1S/C16H18ClNOS/c1-11(2)18(10-14-5-4-8-20-14)13-6-7-15(12(3)19)16(17)9-13/h4-9,11H,10H2,1-3H3. The summed E-state index contributed by atoms with van der Waals surface area (Å²) in [5.41, 5.74) is 1.62. The smallest absolute Gasteiger partial charge is 0.161 e. The number of hydrogen-bond donors (Lipinski definition) is 0. The van der Waals surface area contributed by atoms with Crippen molar-refractivity contribution in [1.82, 2.24) is 0 Å². The van der Waals surface area contributed by atoms with Crippen LogP contribution in [-0.4, -0.2) is 11.8 Å². The molecule has 2 nitrogen and oxygen atoms in total. The first kappa shape index (κ1) is 15.1. The van der Waals surface area contributed by atoms with Crippen molar-refractivity contribution in [2.75, 3.05) is 4.90 Å². The zero-order valence-electron chi connectivity index (χ0n) is 11.9. The van der Waals surface area contributed by atoms with E-state index < -0.39 is 0 Å². The van der Waals surface area contributed by atoms with Crippen LogP contribution in [0.2, 0.25) is 5.02 Å². The van der Waals surface area contributed by atoms with E-state index in [2.05, 4.69) is 36.3 Å². The average molecular weight is 308 g/mol. The largest absolute Gasteiger partial charge is 0.364 e. The average Bonchev–Trinajstić information content (AvgIpc) is 2.87. The highest BCUT2D eigenvalue weighted by atomic mass is 35.5. The van der Waals surface area contributed by atoms with Gasteiger partial charge in [-0.1, -0.05) is 17.7 Å². The monoisotopic (exact) mass is 307 g/mol. The molecule has 2 aromatic rings. The van der Waals surface area contributed by atoms with E-state index in [0.717, 1.165) is 12.2 Å². The van der Waals surface area contributed by atoms with Gasteiger partial charge < -0.3 is 4.90 Å². The molecule has 0 atom stereocenters. The Morgan fingerprint density at radius 1 is 1.35 bits per heavy atom. The minimum Gasteiger partial charge on any atom is -0.364 e. The second-order valence-corrected chi connectivity index (χ2v) is 6.46.